The average Bonchev–Trinajstić information content (AvgIpc) is 2.37. The van der Waals surface area contributed by atoms with Crippen molar-refractivity contribution < 1.29 is 8.42 Å². The van der Waals surface area contributed by atoms with E-state index in [-0.39, 0.29) is 0 Å². The predicted octanol–water partition coefficient (Wildman–Crippen LogP) is 2.56. The fraction of sp³-hybridized carbons (Fsp3) is 0.500. The number of hydrogen-bond donors (Lipinski definition) is 2. The van der Waals surface area contributed by atoms with E-state index in [4.69, 9.17) is 12.2 Å². The second-order valence-electron chi connectivity index (χ2n) is 5.07. The van der Waals surface area contributed by atoms with Crippen molar-refractivity contribution in [3.05, 3.63) is 24.3 Å². The SMILES string of the molecule is CCCC(C)NC(=S)Nc1cccc(N(C)S(C)(=O)=O)c1. The van der Waals surface area contributed by atoms with E-state index in [1.165, 1.54) is 17.6 Å². The Balaban J connectivity index is 2.75. The molecule has 1 unspecified atom stereocenters. The zero-order valence-corrected chi connectivity index (χ0v) is 14.5. The van der Waals surface area contributed by atoms with Crippen LogP contribution in [0.25, 0.3) is 0 Å². The number of anilines is 2. The van der Waals surface area contributed by atoms with Crippen molar-refractivity contribution in [1.29, 1.82) is 0 Å². The molecule has 1 aromatic rings. The third kappa shape index (κ3) is 5.89. The highest BCUT2D eigenvalue weighted by Gasteiger charge is 2.12. The molecule has 0 aromatic heterocycles. The van der Waals surface area contributed by atoms with Gasteiger partial charge in [-0.2, -0.15) is 0 Å². The molecule has 0 amide bonds. The smallest absolute Gasteiger partial charge is 0.231 e. The van der Waals surface area contributed by atoms with E-state index in [0.717, 1.165) is 18.5 Å². The molecule has 5 nitrogen and oxygen atoms in total. The molecule has 21 heavy (non-hydrogen) atoms. The summed E-state index contributed by atoms with van der Waals surface area (Å²) in [4.78, 5) is 0. The molecule has 0 saturated carbocycles. The van der Waals surface area contributed by atoms with Gasteiger partial charge in [0.05, 0.1) is 11.9 Å². The van der Waals surface area contributed by atoms with Crippen LogP contribution < -0.4 is 14.9 Å². The lowest BCUT2D eigenvalue weighted by Crippen LogP contribution is -2.35. The summed E-state index contributed by atoms with van der Waals surface area (Å²) in [6.07, 6.45) is 3.30. The fourth-order valence-electron chi connectivity index (χ4n) is 1.87. The van der Waals surface area contributed by atoms with Crippen molar-refractivity contribution in [2.75, 3.05) is 22.9 Å². The van der Waals surface area contributed by atoms with Gasteiger partial charge in [0, 0.05) is 18.8 Å². The molecule has 0 heterocycles. The first-order valence-corrected chi connectivity index (χ1v) is 9.11. The number of nitrogens with one attached hydrogen (secondary N) is 2. The Morgan fingerprint density at radius 2 is 2.10 bits per heavy atom. The molecule has 0 bridgehead atoms. The molecule has 1 atom stereocenters. The van der Waals surface area contributed by atoms with Crippen LogP contribution >= 0.6 is 12.2 Å². The first kappa shape index (κ1) is 17.7. The van der Waals surface area contributed by atoms with E-state index < -0.39 is 10.0 Å². The fourth-order valence-corrected chi connectivity index (χ4v) is 2.68. The lowest BCUT2D eigenvalue weighted by Gasteiger charge is -2.19. The molecule has 1 aromatic carbocycles. The topological polar surface area (TPSA) is 61.4 Å². The minimum absolute atomic E-state index is 0.303. The highest BCUT2D eigenvalue weighted by atomic mass is 32.2. The molecule has 0 aliphatic heterocycles. The van der Waals surface area contributed by atoms with E-state index in [1.54, 1.807) is 18.2 Å². The number of thiocarbonyl (C=S) groups is 1. The highest BCUT2D eigenvalue weighted by Crippen LogP contribution is 2.20. The Hall–Kier alpha value is -1.34. The van der Waals surface area contributed by atoms with Crippen molar-refractivity contribution in [1.82, 2.24) is 5.32 Å². The molecular weight excluding hydrogens is 306 g/mol. The summed E-state index contributed by atoms with van der Waals surface area (Å²) in [5.41, 5.74) is 1.34. The van der Waals surface area contributed by atoms with Crippen LogP contribution in [0.15, 0.2) is 24.3 Å². The summed E-state index contributed by atoms with van der Waals surface area (Å²) in [6.45, 7) is 4.20. The normalized spacial score (nSPS) is 12.6. The first-order valence-electron chi connectivity index (χ1n) is 6.85. The maximum atomic E-state index is 11.5. The van der Waals surface area contributed by atoms with Gasteiger partial charge in [-0.25, -0.2) is 8.42 Å². The van der Waals surface area contributed by atoms with Gasteiger partial charge >= 0.3 is 0 Å². The van der Waals surface area contributed by atoms with E-state index >= 15 is 0 Å². The Morgan fingerprint density at radius 1 is 1.43 bits per heavy atom. The van der Waals surface area contributed by atoms with Crippen LogP contribution in [0, 0.1) is 0 Å². The summed E-state index contributed by atoms with van der Waals surface area (Å²) in [6, 6.07) is 7.43. The molecule has 0 fully saturated rings. The van der Waals surface area contributed by atoms with E-state index in [9.17, 15) is 8.42 Å². The van der Waals surface area contributed by atoms with Gasteiger partial charge in [-0.15, -0.1) is 0 Å². The van der Waals surface area contributed by atoms with Crippen LogP contribution in [0.4, 0.5) is 11.4 Å². The van der Waals surface area contributed by atoms with Gasteiger partial charge in [-0.05, 0) is 43.8 Å². The van der Waals surface area contributed by atoms with Crippen molar-refractivity contribution in [2.45, 2.75) is 32.7 Å². The van der Waals surface area contributed by atoms with Gasteiger partial charge in [0.15, 0.2) is 5.11 Å². The van der Waals surface area contributed by atoms with Gasteiger partial charge in [0.25, 0.3) is 0 Å². The minimum Gasteiger partial charge on any atom is -0.360 e. The molecule has 0 saturated heterocycles. The average molecular weight is 329 g/mol. The molecule has 7 heteroatoms. The molecular formula is C14H23N3O2S2. The number of nitrogens with zero attached hydrogens (tertiary/aromatic N) is 1. The third-order valence-corrected chi connectivity index (χ3v) is 4.49. The summed E-state index contributed by atoms with van der Waals surface area (Å²) < 4.78 is 24.3. The largest absolute Gasteiger partial charge is 0.360 e. The van der Waals surface area contributed by atoms with Crippen LogP contribution in [-0.2, 0) is 10.0 Å². The van der Waals surface area contributed by atoms with Crippen molar-refractivity contribution in [2.24, 2.45) is 0 Å². The first-order chi connectivity index (χ1) is 9.74. The van der Waals surface area contributed by atoms with Crippen LogP contribution in [0.1, 0.15) is 26.7 Å². The lowest BCUT2D eigenvalue weighted by molar-refractivity contribution is 0.599. The van der Waals surface area contributed by atoms with E-state index in [0.29, 0.717) is 16.8 Å². The van der Waals surface area contributed by atoms with Crippen molar-refractivity contribution >= 4 is 38.7 Å². The van der Waals surface area contributed by atoms with Gasteiger partial charge < -0.3 is 10.6 Å². The quantitative estimate of drug-likeness (QED) is 0.786. The Labute approximate surface area is 132 Å². The van der Waals surface area contributed by atoms with Crippen LogP contribution in [0.3, 0.4) is 0 Å². The second kappa shape index (κ2) is 7.61. The number of rotatable bonds is 6. The zero-order chi connectivity index (χ0) is 16.0. The van der Waals surface area contributed by atoms with Gasteiger partial charge in [0.2, 0.25) is 10.0 Å². The monoisotopic (exact) mass is 329 g/mol. The third-order valence-electron chi connectivity index (χ3n) is 3.06. The minimum atomic E-state index is -3.27. The molecule has 0 aliphatic rings. The summed E-state index contributed by atoms with van der Waals surface area (Å²) in [5, 5.41) is 6.81. The maximum Gasteiger partial charge on any atom is 0.231 e. The van der Waals surface area contributed by atoms with Gasteiger partial charge in [0.1, 0.15) is 0 Å². The molecule has 0 aliphatic carbocycles. The summed E-state index contributed by atoms with van der Waals surface area (Å²) >= 11 is 5.25. The molecule has 0 spiro atoms. The van der Waals surface area contributed by atoms with Crippen molar-refractivity contribution in [3.8, 4) is 0 Å². The van der Waals surface area contributed by atoms with E-state index in [1.807, 2.05) is 6.07 Å². The number of hydrogen-bond acceptors (Lipinski definition) is 3. The lowest BCUT2D eigenvalue weighted by atomic mass is 10.2. The van der Waals surface area contributed by atoms with Gasteiger partial charge in [-0.1, -0.05) is 19.4 Å². The zero-order valence-electron chi connectivity index (χ0n) is 12.9. The Morgan fingerprint density at radius 3 is 2.67 bits per heavy atom. The van der Waals surface area contributed by atoms with Crippen LogP contribution in [0.2, 0.25) is 0 Å². The molecule has 118 valence electrons. The van der Waals surface area contributed by atoms with Crippen LogP contribution in [-0.4, -0.2) is 32.9 Å². The van der Waals surface area contributed by atoms with Crippen molar-refractivity contribution in [3.63, 3.8) is 0 Å². The highest BCUT2D eigenvalue weighted by molar-refractivity contribution is 7.92. The Kier molecular flexibility index (Phi) is 6.42. The molecule has 0 radical (unpaired) electrons. The summed E-state index contributed by atoms with van der Waals surface area (Å²) in [7, 11) is -1.75. The summed E-state index contributed by atoms with van der Waals surface area (Å²) in [5.74, 6) is 0. The maximum absolute atomic E-state index is 11.5. The second-order valence-corrected chi connectivity index (χ2v) is 7.49. The molecule has 1 rings (SSSR count). The van der Waals surface area contributed by atoms with Gasteiger partial charge in [-0.3, -0.25) is 4.31 Å². The predicted molar refractivity (Wildman–Crippen MR) is 93.4 cm³/mol. The number of benzene rings is 1. The molecule has 2 N–H and O–H groups in total. The van der Waals surface area contributed by atoms with Crippen LogP contribution in [0.5, 0.6) is 0 Å². The van der Waals surface area contributed by atoms with E-state index in [2.05, 4.69) is 24.5 Å². The Bertz CT molecular complexity index is 588. The standard InChI is InChI=1S/C14H23N3O2S2/c1-5-7-11(2)15-14(20)16-12-8-6-9-13(10-12)17(3)21(4,18)19/h6,8-11H,5,7H2,1-4H3,(H2,15,16,20). The number of sulfonamides is 1.